The number of hydrogen-bond acceptors (Lipinski definition) is 3. The molecule has 16 heavy (non-hydrogen) atoms. The number of rotatable bonds is 4. The van der Waals surface area contributed by atoms with Gasteiger partial charge in [-0.25, -0.2) is 4.79 Å². The summed E-state index contributed by atoms with van der Waals surface area (Å²) in [5.74, 6) is -0.552. The quantitative estimate of drug-likeness (QED) is 0.444. The highest BCUT2D eigenvalue weighted by Crippen LogP contribution is 2.24. The largest absolute Gasteiger partial charge is 0.368 e. The van der Waals surface area contributed by atoms with Gasteiger partial charge >= 0.3 is 5.97 Å². The predicted molar refractivity (Wildman–Crippen MR) is 61.5 cm³/mol. The van der Waals surface area contributed by atoms with Crippen LogP contribution in [-0.2, 0) is 20.2 Å². The molecule has 0 heterocycles. The zero-order valence-electron chi connectivity index (χ0n) is 9.82. The van der Waals surface area contributed by atoms with E-state index in [0.29, 0.717) is 5.57 Å². The number of benzene rings is 1. The Morgan fingerprint density at radius 2 is 1.81 bits per heavy atom. The monoisotopic (exact) mass is 220 g/mol. The van der Waals surface area contributed by atoms with Gasteiger partial charge in [0.15, 0.2) is 0 Å². The second-order valence-corrected chi connectivity index (χ2v) is 4.11. The van der Waals surface area contributed by atoms with E-state index in [2.05, 4.69) is 11.5 Å². The first kappa shape index (κ1) is 12.5. The third-order valence-corrected chi connectivity index (χ3v) is 2.14. The topological polar surface area (TPSA) is 35.5 Å². The van der Waals surface area contributed by atoms with Crippen LogP contribution < -0.4 is 0 Å². The Morgan fingerprint density at radius 1 is 1.25 bits per heavy atom. The van der Waals surface area contributed by atoms with Crippen LogP contribution in [0.5, 0.6) is 0 Å². The van der Waals surface area contributed by atoms with Gasteiger partial charge in [-0.3, -0.25) is 4.89 Å². The van der Waals surface area contributed by atoms with Gasteiger partial charge in [-0.15, -0.1) is 0 Å². The van der Waals surface area contributed by atoms with Gasteiger partial charge in [0.1, 0.15) is 5.60 Å². The van der Waals surface area contributed by atoms with Crippen LogP contribution in [0.4, 0.5) is 0 Å². The molecule has 0 N–H and O–H groups in total. The van der Waals surface area contributed by atoms with Crippen molar-refractivity contribution in [2.45, 2.75) is 26.4 Å². The van der Waals surface area contributed by atoms with Gasteiger partial charge in [-0.05, 0) is 26.3 Å². The Hall–Kier alpha value is -1.61. The fourth-order valence-electron chi connectivity index (χ4n) is 1.10. The SMILES string of the molecule is C=C(C)C(=O)OOC(C)(C)c1ccccc1. The third kappa shape index (κ3) is 3.21. The molecule has 0 unspecified atom stereocenters. The minimum Gasteiger partial charge on any atom is -0.292 e. The highest BCUT2D eigenvalue weighted by molar-refractivity contribution is 5.86. The van der Waals surface area contributed by atoms with E-state index >= 15 is 0 Å². The normalized spacial score (nSPS) is 10.9. The first-order chi connectivity index (χ1) is 7.43. The Kier molecular flexibility index (Phi) is 3.85. The van der Waals surface area contributed by atoms with Gasteiger partial charge in [0.25, 0.3) is 0 Å². The number of carbonyl (C=O) groups excluding carboxylic acids is 1. The molecule has 0 atom stereocenters. The maximum Gasteiger partial charge on any atom is 0.368 e. The zero-order chi connectivity index (χ0) is 12.2. The average molecular weight is 220 g/mol. The van der Waals surface area contributed by atoms with E-state index in [-0.39, 0.29) is 0 Å². The van der Waals surface area contributed by atoms with Crippen LogP contribution in [-0.4, -0.2) is 5.97 Å². The Bertz CT molecular complexity index is 379. The molecule has 0 radical (unpaired) electrons. The summed E-state index contributed by atoms with van der Waals surface area (Å²) in [5.41, 5.74) is 0.570. The van der Waals surface area contributed by atoms with Crippen molar-refractivity contribution in [3.63, 3.8) is 0 Å². The summed E-state index contributed by atoms with van der Waals surface area (Å²) in [5, 5.41) is 0. The molecule has 0 aromatic heterocycles. The van der Waals surface area contributed by atoms with Gasteiger partial charge in [-0.2, -0.15) is 4.89 Å². The van der Waals surface area contributed by atoms with E-state index < -0.39 is 11.6 Å². The highest BCUT2D eigenvalue weighted by atomic mass is 17.2. The Morgan fingerprint density at radius 3 is 2.31 bits per heavy atom. The van der Waals surface area contributed by atoms with Gasteiger partial charge in [0, 0.05) is 5.57 Å². The third-order valence-electron chi connectivity index (χ3n) is 2.14. The molecule has 0 amide bonds. The van der Waals surface area contributed by atoms with Crippen molar-refractivity contribution in [2.24, 2.45) is 0 Å². The summed E-state index contributed by atoms with van der Waals surface area (Å²) in [6.07, 6.45) is 0. The van der Waals surface area contributed by atoms with Crippen molar-refractivity contribution in [1.29, 1.82) is 0 Å². The molecule has 1 aromatic carbocycles. The molecule has 86 valence electrons. The first-order valence-corrected chi connectivity index (χ1v) is 5.04. The summed E-state index contributed by atoms with van der Waals surface area (Å²) in [7, 11) is 0. The maximum atomic E-state index is 11.2. The van der Waals surface area contributed by atoms with Crippen LogP contribution in [0.1, 0.15) is 26.3 Å². The predicted octanol–water partition coefficient (Wildman–Crippen LogP) is 2.97. The van der Waals surface area contributed by atoms with Gasteiger partial charge in [-0.1, -0.05) is 36.9 Å². The Balaban J connectivity index is 2.66. The molecule has 3 nitrogen and oxygen atoms in total. The smallest absolute Gasteiger partial charge is 0.292 e. The van der Waals surface area contributed by atoms with Crippen LogP contribution in [0.3, 0.4) is 0 Å². The van der Waals surface area contributed by atoms with Crippen molar-refractivity contribution < 1.29 is 14.6 Å². The molecule has 1 aromatic rings. The number of hydrogen-bond donors (Lipinski definition) is 0. The lowest BCUT2D eigenvalue weighted by molar-refractivity contribution is -0.326. The van der Waals surface area contributed by atoms with Crippen molar-refractivity contribution in [3.8, 4) is 0 Å². The molecule has 0 bridgehead atoms. The molecule has 0 saturated heterocycles. The minimum absolute atomic E-state index is 0.309. The van der Waals surface area contributed by atoms with E-state index in [1.165, 1.54) is 0 Å². The van der Waals surface area contributed by atoms with Crippen LogP contribution >= 0.6 is 0 Å². The molecule has 0 aliphatic heterocycles. The van der Waals surface area contributed by atoms with Crippen LogP contribution in [0.2, 0.25) is 0 Å². The van der Waals surface area contributed by atoms with Gasteiger partial charge in [0.05, 0.1) is 0 Å². The summed E-state index contributed by atoms with van der Waals surface area (Å²) in [4.78, 5) is 21.0. The molecule has 3 heteroatoms. The average Bonchev–Trinajstić information content (AvgIpc) is 2.27. The van der Waals surface area contributed by atoms with E-state index in [0.717, 1.165) is 5.56 Å². The fraction of sp³-hybridized carbons (Fsp3) is 0.308. The maximum absolute atomic E-state index is 11.2. The zero-order valence-corrected chi connectivity index (χ0v) is 9.82. The molecule has 0 aliphatic carbocycles. The van der Waals surface area contributed by atoms with Crippen LogP contribution in [0, 0.1) is 0 Å². The molecular formula is C13H16O3. The van der Waals surface area contributed by atoms with Crippen molar-refractivity contribution in [3.05, 3.63) is 48.0 Å². The molecule has 0 fully saturated rings. The minimum atomic E-state index is -0.674. The van der Waals surface area contributed by atoms with Gasteiger partial charge < -0.3 is 0 Å². The lowest BCUT2D eigenvalue weighted by Crippen LogP contribution is -2.23. The van der Waals surface area contributed by atoms with E-state index in [4.69, 9.17) is 4.89 Å². The second kappa shape index (κ2) is 4.94. The second-order valence-electron chi connectivity index (χ2n) is 4.11. The van der Waals surface area contributed by atoms with E-state index in [1.807, 2.05) is 44.2 Å². The van der Waals surface area contributed by atoms with Gasteiger partial charge in [0.2, 0.25) is 0 Å². The molecule has 0 aliphatic rings. The van der Waals surface area contributed by atoms with E-state index in [9.17, 15) is 4.79 Å². The molecule has 1 rings (SSSR count). The van der Waals surface area contributed by atoms with Crippen molar-refractivity contribution in [1.82, 2.24) is 0 Å². The fourth-order valence-corrected chi connectivity index (χ4v) is 1.10. The summed E-state index contributed by atoms with van der Waals surface area (Å²) >= 11 is 0. The first-order valence-electron chi connectivity index (χ1n) is 5.04. The standard InChI is InChI=1S/C13H16O3/c1-10(2)12(14)15-16-13(3,4)11-8-6-5-7-9-11/h5-9H,1H2,2-4H3. The molecule has 0 spiro atoms. The van der Waals surface area contributed by atoms with Crippen molar-refractivity contribution in [2.75, 3.05) is 0 Å². The van der Waals surface area contributed by atoms with Crippen LogP contribution in [0.15, 0.2) is 42.5 Å². The molecule has 0 saturated carbocycles. The lowest BCUT2D eigenvalue weighted by atomic mass is 9.99. The van der Waals surface area contributed by atoms with E-state index in [1.54, 1.807) is 6.92 Å². The van der Waals surface area contributed by atoms with Crippen molar-refractivity contribution >= 4 is 5.97 Å². The summed E-state index contributed by atoms with van der Waals surface area (Å²) in [6, 6.07) is 9.55. The Labute approximate surface area is 95.6 Å². The lowest BCUT2D eigenvalue weighted by Gasteiger charge is -2.23. The summed E-state index contributed by atoms with van der Waals surface area (Å²) < 4.78 is 0. The highest BCUT2D eigenvalue weighted by Gasteiger charge is 2.24. The van der Waals surface area contributed by atoms with Crippen LogP contribution in [0.25, 0.3) is 0 Å². The number of carbonyl (C=O) groups is 1. The molecular weight excluding hydrogens is 204 g/mol. The summed E-state index contributed by atoms with van der Waals surface area (Å²) in [6.45, 7) is 8.70.